The number of aromatic hydroxyl groups is 1. The molecule has 7 nitrogen and oxygen atoms in total. The second kappa shape index (κ2) is 7.68. The van der Waals surface area contributed by atoms with Crippen molar-refractivity contribution in [1.82, 2.24) is 14.9 Å². The summed E-state index contributed by atoms with van der Waals surface area (Å²) in [5.41, 5.74) is 2.75. The van der Waals surface area contributed by atoms with Crippen molar-refractivity contribution in [2.24, 2.45) is 7.05 Å². The normalized spacial score (nSPS) is 15.2. The zero-order chi connectivity index (χ0) is 20.3. The Balaban J connectivity index is 0.00000218. The quantitative estimate of drug-likeness (QED) is 0.489. The standard InChI is InChI=1S/C21H21N3O4S.ClH/c1-24-12(9-22-11-2-3-11)6-10-7-14-16(8-15(10)24)29-5-4-13-18(14)23-20(26)17(19(13)25)21(27)28;/h6-8,11,22H,2-5,9H2,1H3,(H,27,28)(H2,23,25,26);1H. The van der Waals surface area contributed by atoms with Gasteiger partial charge in [-0.05, 0) is 37.5 Å². The Bertz CT molecular complexity index is 1230. The van der Waals surface area contributed by atoms with Crippen LogP contribution in [-0.4, -0.2) is 37.5 Å². The van der Waals surface area contributed by atoms with Gasteiger partial charge in [-0.2, -0.15) is 0 Å². The van der Waals surface area contributed by atoms with Crippen LogP contribution in [0.1, 0.15) is 34.5 Å². The number of fused-ring (bicyclic) bond motifs is 4. The van der Waals surface area contributed by atoms with Gasteiger partial charge in [-0.1, -0.05) is 0 Å². The van der Waals surface area contributed by atoms with E-state index in [4.69, 9.17) is 0 Å². The van der Waals surface area contributed by atoms with Gasteiger partial charge in [-0.15, -0.1) is 24.2 Å². The highest BCUT2D eigenvalue weighted by molar-refractivity contribution is 7.99. The maximum Gasteiger partial charge on any atom is 0.345 e. The van der Waals surface area contributed by atoms with E-state index < -0.39 is 22.8 Å². The molecular weight excluding hydrogens is 426 g/mol. The number of carboxylic acids is 1. The SMILES string of the molecule is Cl.Cn1c(CNC2CC2)cc2cc3c(cc21)SCCc1c-3[nH]c(=O)c(C(=O)O)c1O. The van der Waals surface area contributed by atoms with Crippen molar-refractivity contribution in [2.75, 3.05) is 5.75 Å². The van der Waals surface area contributed by atoms with E-state index in [-0.39, 0.29) is 12.4 Å². The molecule has 0 bridgehead atoms. The van der Waals surface area contributed by atoms with Crippen LogP contribution < -0.4 is 10.9 Å². The first kappa shape index (κ1) is 20.8. The summed E-state index contributed by atoms with van der Waals surface area (Å²) in [6.45, 7) is 0.809. The number of aryl methyl sites for hydroxylation is 1. The summed E-state index contributed by atoms with van der Waals surface area (Å²) >= 11 is 1.65. The molecule has 1 aromatic carbocycles. The van der Waals surface area contributed by atoms with Gasteiger partial charge in [0.25, 0.3) is 5.56 Å². The summed E-state index contributed by atoms with van der Waals surface area (Å²) in [5.74, 6) is -1.16. The summed E-state index contributed by atoms with van der Waals surface area (Å²) in [6.07, 6.45) is 2.95. The molecule has 3 heterocycles. The molecule has 1 aliphatic heterocycles. The average molecular weight is 448 g/mol. The van der Waals surface area contributed by atoms with Crippen LogP contribution >= 0.6 is 24.2 Å². The fourth-order valence-electron chi connectivity index (χ4n) is 4.01. The van der Waals surface area contributed by atoms with Crippen molar-refractivity contribution in [3.8, 4) is 17.0 Å². The molecule has 1 saturated carbocycles. The van der Waals surface area contributed by atoms with Gasteiger partial charge in [0.2, 0.25) is 0 Å². The fourth-order valence-corrected chi connectivity index (χ4v) is 5.04. The van der Waals surface area contributed by atoms with Crippen molar-refractivity contribution in [1.29, 1.82) is 0 Å². The van der Waals surface area contributed by atoms with Crippen LogP contribution in [0.5, 0.6) is 5.75 Å². The maximum atomic E-state index is 12.3. The van der Waals surface area contributed by atoms with Gasteiger partial charge in [0.15, 0.2) is 5.56 Å². The number of carbonyl (C=O) groups is 1. The lowest BCUT2D eigenvalue weighted by Crippen LogP contribution is -2.20. The molecule has 9 heteroatoms. The van der Waals surface area contributed by atoms with E-state index >= 15 is 0 Å². The Morgan fingerprint density at radius 2 is 2.10 bits per heavy atom. The number of pyridine rings is 1. The Morgan fingerprint density at radius 3 is 2.80 bits per heavy atom. The lowest BCUT2D eigenvalue weighted by Gasteiger charge is -2.12. The van der Waals surface area contributed by atoms with Crippen LogP contribution in [0.4, 0.5) is 0 Å². The molecule has 30 heavy (non-hydrogen) atoms. The molecule has 158 valence electrons. The predicted molar refractivity (Wildman–Crippen MR) is 119 cm³/mol. The van der Waals surface area contributed by atoms with E-state index in [0.717, 1.165) is 27.9 Å². The number of thioether (sulfide) groups is 1. The second-order valence-corrected chi connectivity index (χ2v) is 8.83. The molecular formula is C21H22ClN3O4S. The summed E-state index contributed by atoms with van der Waals surface area (Å²) in [7, 11) is 2.06. The molecule has 0 unspecified atom stereocenters. The third-order valence-corrected chi connectivity index (χ3v) is 6.83. The Labute approximate surface area is 182 Å². The lowest BCUT2D eigenvalue weighted by molar-refractivity contribution is 0.0691. The van der Waals surface area contributed by atoms with Gasteiger partial charge < -0.3 is 25.1 Å². The van der Waals surface area contributed by atoms with Crippen LogP contribution in [0, 0.1) is 0 Å². The number of aromatic nitrogens is 2. The Hall–Kier alpha value is -2.42. The predicted octanol–water partition coefficient (Wildman–Crippen LogP) is 3.26. The number of halogens is 1. The van der Waals surface area contributed by atoms with Crippen LogP contribution in [0.2, 0.25) is 0 Å². The van der Waals surface area contributed by atoms with Crippen LogP contribution in [-0.2, 0) is 20.0 Å². The molecule has 5 rings (SSSR count). The number of H-pyrrole nitrogens is 1. The zero-order valence-electron chi connectivity index (χ0n) is 16.3. The monoisotopic (exact) mass is 447 g/mol. The average Bonchev–Trinajstić information content (AvgIpc) is 3.47. The topological polar surface area (TPSA) is 107 Å². The number of hydrogen-bond donors (Lipinski definition) is 4. The molecule has 1 aliphatic carbocycles. The number of nitrogens with zero attached hydrogens (tertiary/aromatic N) is 1. The maximum absolute atomic E-state index is 12.3. The van der Waals surface area contributed by atoms with E-state index in [2.05, 4.69) is 34.0 Å². The van der Waals surface area contributed by atoms with Gasteiger partial charge in [0.05, 0.1) is 5.69 Å². The largest absolute Gasteiger partial charge is 0.506 e. The molecule has 3 aromatic rings. The third kappa shape index (κ3) is 3.38. The summed E-state index contributed by atoms with van der Waals surface area (Å²) in [4.78, 5) is 27.5. The molecule has 1 fully saturated rings. The van der Waals surface area contributed by atoms with Crippen molar-refractivity contribution in [3.05, 3.63) is 45.4 Å². The second-order valence-electron chi connectivity index (χ2n) is 7.69. The molecule has 2 aliphatic rings. The van der Waals surface area contributed by atoms with E-state index in [1.165, 1.54) is 18.5 Å². The first-order valence-corrected chi connectivity index (χ1v) is 10.6. The number of benzene rings is 1. The number of rotatable bonds is 4. The van der Waals surface area contributed by atoms with Crippen molar-refractivity contribution >= 4 is 41.0 Å². The number of aromatic carboxylic acids is 1. The fraction of sp³-hybridized carbons (Fsp3) is 0.333. The molecule has 0 saturated heterocycles. The molecule has 0 radical (unpaired) electrons. The number of aromatic amines is 1. The van der Waals surface area contributed by atoms with Gasteiger partial charge in [0.1, 0.15) is 5.75 Å². The van der Waals surface area contributed by atoms with E-state index in [1.54, 1.807) is 11.8 Å². The van der Waals surface area contributed by atoms with E-state index in [1.807, 2.05) is 6.07 Å². The molecule has 4 N–H and O–H groups in total. The molecule has 0 amide bonds. The zero-order valence-corrected chi connectivity index (χ0v) is 18.0. The highest BCUT2D eigenvalue weighted by Gasteiger charge is 2.26. The van der Waals surface area contributed by atoms with Crippen molar-refractivity contribution < 1.29 is 15.0 Å². The Kier molecular flexibility index (Phi) is 5.34. The van der Waals surface area contributed by atoms with Crippen LogP contribution in [0.25, 0.3) is 22.2 Å². The molecule has 0 spiro atoms. The van der Waals surface area contributed by atoms with Crippen LogP contribution in [0.15, 0.2) is 27.9 Å². The van der Waals surface area contributed by atoms with Gasteiger partial charge >= 0.3 is 5.97 Å². The van der Waals surface area contributed by atoms with Gasteiger partial charge in [-0.25, -0.2) is 4.79 Å². The number of carboxylic acid groups (broad SMARTS) is 1. The summed E-state index contributed by atoms with van der Waals surface area (Å²) in [6, 6.07) is 6.91. The lowest BCUT2D eigenvalue weighted by atomic mass is 9.99. The summed E-state index contributed by atoms with van der Waals surface area (Å²) in [5, 5.41) is 24.4. The summed E-state index contributed by atoms with van der Waals surface area (Å²) < 4.78 is 2.19. The smallest absolute Gasteiger partial charge is 0.345 e. The van der Waals surface area contributed by atoms with Crippen molar-refractivity contribution in [3.63, 3.8) is 0 Å². The minimum atomic E-state index is -1.42. The van der Waals surface area contributed by atoms with E-state index in [0.29, 0.717) is 29.5 Å². The van der Waals surface area contributed by atoms with Gasteiger partial charge in [-0.3, -0.25) is 4.79 Å². The minimum absolute atomic E-state index is 0. The Morgan fingerprint density at radius 1 is 1.33 bits per heavy atom. The third-order valence-electron chi connectivity index (χ3n) is 5.78. The number of hydrogen-bond acceptors (Lipinski definition) is 5. The highest BCUT2D eigenvalue weighted by atomic mass is 35.5. The highest BCUT2D eigenvalue weighted by Crippen LogP contribution is 2.42. The first-order chi connectivity index (χ1) is 13.9. The molecule has 2 aromatic heterocycles. The van der Waals surface area contributed by atoms with Crippen molar-refractivity contribution in [2.45, 2.75) is 36.7 Å². The van der Waals surface area contributed by atoms with E-state index in [9.17, 15) is 19.8 Å². The molecule has 0 atom stereocenters. The minimum Gasteiger partial charge on any atom is -0.506 e. The van der Waals surface area contributed by atoms with Gasteiger partial charge in [0, 0.05) is 58.0 Å². The van der Waals surface area contributed by atoms with Crippen LogP contribution in [0.3, 0.4) is 0 Å². The number of nitrogens with one attached hydrogen (secondary N) is 2. The first-order valence-electron chi connectivity index (χ1n) is 9.64.